The van der Waals surface area contributed by atoms with Gasteiger partial charge in [-0.3, -0.25) is 0 Å². The lowest BCUT2D eigenvalue weighted by molar-refractivity contribution is -0.0500. The summed E-state index contributed by atoms with van der Waals surface area (Å²) in [6.45, 7) is 0.830. The van der Waals surface area contributed by atoms with Crippen molar-refractivity contribution >= 4 is 0 Å². The van der Waals surface area contributed by atoms with Gasteiger partial charge >= 0.3 is 6.61 Å². The molecule has 1 saturated heterocycles. The van der Waals surface area contributed by atoms with Crippen molar-refractivity contribution in [3.63, 3.8) is 0 Å². The van der Waals surface area contributed by atoms with Gasteiger partial charge in [-0.25, -0.2) is 4.39 Å². The number of benzene rings is 1. The Balaban J connectivity index is 2.18. The zero-order chi connectivity index (χ0) is 13.1. The van der Waals surface area contributed by atoms with Crippen LogP contribution in [-0.2, 0) is 0 Å². The second-order valence-electron chi connectivity index (χ2n) is 4.64. The van der Waals surface area contributed by atoms with Crippen LogP contribution in [0.4, 0.5) is 13.2 Å². The van der Waals surface area contributed by atoms with E-state index in [9.17, 15) is 13.2 Å². The number of rotatable bonds is 3. The van der Waals surface area contributed by atoms with Crippen molar-refractivity contribution in [2.75, 3.05) is 13.1 Å². The van der Waals surface area contributed by atoms with E-state index in [1.807, 2.05) is 0 Å². The lowest BCUT2D eigenvalue weighted by Crippen LogP contribution is -2.34. The Morgan fingerprint density at radius 2 is 2.17 bits per heavy atom. The van der Waals surface area contributed by atoms with Gasteiger partial charge in [-0.2, -0.15) is 8.78 Å². The SMILES string of the molecule is C[C@@H]1CNCC[C@@H]1c1ccc(OC(F)F)cc1F. The molecule has 0 amide bonds. The van der Waals surface area contributed by atoms with Crippen LogP contribution in [0.15, 0.2) is 18.2 Å². The van der Waals surface area contributed by atoms with Crippen LogP contribution in [-0.4, -0.2) is 19.7 Å². The molecule has 1 aliphatic heterocycles. The van der Waals surface area contributed by atoms with Gasteiger partial charge in [0.05, 0.1) is 0 Å². The molecule has 0 bridgehead atoms. The number of halogens is 3. The second kappa shape index (κ2) is 5.61. The van der Waals surface area contributed by atoms with Crippen molar-refractivity contribution in [2.24, 2.45) is 5.92 Å². The summed E-state index contributed by atoms with van der Waals surface area (Å²) in [4.78, 5) is 0. The van der Waals surface area contributed by atoms with Gasteiger partial charge in [0.25, 0.3) is 0 Å². The molecule has 2 nitrogen and oxygen atoms in total. The van der Waals surface area contributed by atoms with E-state index in [0.717, 1.165) is 25.6 Å². The van der Waals surface area contributed by atoms with E-state index in [-0.39, 0.29) is 11.7 Å². The van der Waals surface area contributed by atoms with Crippen LogP contribution < -0.4 is 10.1 Å². The lowest BCUT2D eigenvalue weighted by atomic mass is 9.82. The van der Waals surface area contributed by atoms with E-state index in [1.54, 1.807) is 6.07 Å². The van der Waals surface area contributed by atoms with Crippen molar-refractivity contribution in [1.29, 1.82) is 0 Å². The highest BCUT2D eigenvalue weighted by molar-refractivity contribution is 5.31. The monoisotopic (exact) mass is 259 g/mol. The molecule has 0 radical (unpaired) electrons. The first-order valence-corrected chi connectivity index (χ1v) is 6.03. The molecule has 1 aliphatic rings. The molecule has 1 fully saturated rings. The molecule has 5 heteroatoms. The van der Waals surface area contributed by atoms with Gasteiger partial charge in [-0.1, -0.05) is 13.0 Å². The summed E-state index contributed by atoms with van der Waals surface area (Å²) in [5, 5.41) is 3.24. The number of piperidine rings is 1. The molecule has 0 aliphatic carbocycles. The molecule has 1 aromatic rings. The normalized spacial score (nSPS) is 24.3. The fraction of sp³-hybridized carbons (Fsp3) is 0.538. The molecule has 0 saturated carbocycles. The fourth-order valence-electron chi connectivity index (χ4n) is 2.46. The number of hydrogen-bond donors (Lipinski definition) is 1. The van der Waals surface area contributed by atoms with Crippen LogP contribution in [0.25, 0.3) is 0 Å². The van der Waals surface area contributed by atoms with E-state index in [2.05, 4.69) is 17.0 Å². The molecule has 0 spiro atoms. The summed E-state index contributed by atoms with van der Waals surface area (Å²) in [6.07, 6.45) is 0.854. The Kier molecular flexibility index (Phi) is 4.11. The summed E-state index contributed by atoms with van der Waals surface area (Å²) >= 11 is 0. The zero-order valence-corrected chi connectivity index (χ0v) is 10.1. The Bertz CT molecular complexity index is 411. The van der Waals surface area contributed by atoms with Crippen molar-refractivity contribution < 1.29 is 17.9 Å². The summed E-state index contributed by atoms with van der Waals surface area (Å²) in [6, 6.07) is 4.00. The van der Waals surface area contributed by atoms with Crippen LogP contribution in [0, 0.1) is 11.7 Å². The molecule has 2 atom stereocenters. The minimum Gasteiger partial charge on any atom is -0.435 e. The predicted octanol–water partition coefficient (Wildman–Crippen LogP) is 3.14. The molecule has 1 N–H and O–H groups in total. The second-order valence-corrected chi connectivity index (χ2v) is 4.64. The van der Waals surface area contributed by atoms with Crippen molar-refractivity contribution in [3.8, 4) is 5.75 Å². The van der Waals surface area contributed by atoms with Crippen LogP contribution in [0.1, 0.15) is 24.8 Å². The topological polar surface area (TPSA) is 21.3 Å². The molecular weight excluding hydrogens is 243 g/mol. The summed E-state index contributed by atoms with van der Waals surface area (Å²) in [5.41, 5.74) is 0.589. The first kappa shape index (κ1) is 13.2. The van der Waals surface area contributed by atoms with Gasteiger partial charge in [0.15, 0.2) is 0 Å². The third-order valence-electron chi connectivity index (χ3n) is 3.38. The van der Waals surface area contributed by atoms with Crippen molar-refractivity contribution in [3.05, 3.63) is 29.6 Å². The largest absolute Gasteiger partial charge is 0.435 e. The highest BCUT2D eigenvalue weighted by Gasteiger charge is 2.25. The molecule has 18 heavy (non-hydrogen) atoms. The molecule has 0 unspecified atom stereocenters. The summed E-state index contributed by atoms with van der Waals surface area (Å²) < 4.78 is 42.1. The van der Waals surface area contributed by atoms with E-state index in [0.29, 0.717) is 11.5 Å². The van der Waals surface area contributed by atoms with Gasteiger partial charge in [0.1, 0.15) is 11.6 Å². The van der Waals surface area contributed by atoms with E-state index in [4.69, 9.17) is 0 Å². The Morgan fingerprint density at radius 1 is 1.39 bits per heavy atom. The van der Waals surface area contributed by atoms with E-state index < -0.39 is 12.4 Å². The number of hydrogen-bond acceptors (Lipinski definition) is 2. The number of nitrogens with one attached hydrogen (secondary N) is 1. The quantitative estimate of drug-likeness (QED) is 0.900. The third-order valence-corrected chi connectivity index (χ3v) is 3.38. The van der Waals surface area contributed by atoms with Crippen LogP contribution >= 0.6 is 0 Å². The van der Waals surface area contributed by atoms with Gasteiger partial charge in [0.2, 0.25) is 0 Å². The minimum atomic E-state index is -2.92. The third kappa shape index (κ3) is 2.96. The van der Waals surface area contributed by atoms with Crippen LogP contribution in [0.2, 0.25) is 0 Å². The maximum absolute atomic E-state index is 13.9. The lowest BCUT2D eigenvalue weighted by Gasteiger charge is -2.30. The maximum Gasteiger partial charge on any atom is 0.387 e. The molecule has 100 valence electrons. The van der Waals surface area contributed by atoms with E-state index >= 15 is 0 Å². The van der Waals surface area contributed by atoms with Gasteiger partial charge in [-0.15, -0.1) is 0 Å². The summed E-state index contributed by atoms with van der Waals surface area (Å²) in [5.74, 6) is -0.137. The fourth-order valence-corrected chi connectivity index (χ4v) is 2.46. The summed E-state index contributed by atoms with van der Waals surface area (Å²) in [7, 11) is 0. The smallest absolute Gasteiger partial charge is 0.387 e. The Morgan fingerprint density at radius 3 is 2.78 bits per heavy atom. The molecular formula is C13H16F3NO. The Hall–Kier alpha value is -1.23. The first-order chi connectivity index (χ1) is 8.58. The molecule has 1 heterocycles. The maximum atomic E-state index is 13.9. The average molecular weight is 259 g/mol. The standard InChI is InChI=1S/C13H16F3NO/c1-8-7-17-5-4-10(8)11-3-2-9(6-12(11)14)18-13(15)16/h2-3,6,8,10,13,17H,4-5,7H2,1H3/t8-,10+/m1/s1. The van der Waals surface area contributed by atoms with Crippen LogP contribution in [0.3, 0.4) is 0 Å². The molecule has 0 aromatic heterocycles. The van der Waals surface area contributed by atoms with Gasteiger partial charge in [0, 0.05) is 6.07 Å². The predicted molar refractivity (Wildman–Crippen MR) is 62.4 cm³/mol. The van der Waals surface area contributed by atoms with E-state index in [1.165, 1.54) is 6.07 Å². The highest BCUT2D eigenvalue weighted by Crippen LogP contribution is 2.33. The average Bonchev–Trinajstić information content (AvgIpc) is 2.30. The van der Waals surface area contributed by atoms with Crippen LogP contribution in [0.5, 0.6) is 5.75 Å². The molecule has 2 rings (SSSR count). The molecule has 1 aromatic carbocycles. The van der Waals surface area contributed by atoms with Gasteiger partial charge < -0.3 is 10.1 Å². The van der Waals surface area contributed by atoms with Crippen molar-refractivity contribution in [2.45, 2.75) is 25.9 Å². The zero-order valence-electron chi connectivity index (χ0n) is 10.1. The number of alkyl halides is 2. The van der Waals surface area contributed by atoms with Crippen molar-refractivity contribution in [1.82, 2.24) is 5.32 Å². The highest BCUT2D eigenvalue weighted by atomic mass is 19.3. The number of ether oxygens (including phenoxy) is 1. The first-order valence-electron chi connectivity index (χ1n) is 6.03. The Labute approximate surface area is 104 Å². The minimum absolute atomic E-state index is 0.131. The van der Waals surface area contributed by atoms with Gasteiger partial charge in [-0.05, 0) is 43.0 Å².